The van der Waals surface area contributed by atoms with E-state index in [1.807, 2.05) is 0 Å². The zero-order valence-corrected chi connectivity index (χ0v) is 13.1. The van der Waals surface area contributed by atoms with Gasteiger partial charge in [0.05, 0.1) is 17.2 Å². The van der Waals surface area contributed by atoms with Crippen LogP contribution in [0.2, 0.25) is 0 Å². The fraction of sp³-hybridized carbons (Fsp3) is 0.188. The van der Waals surface area contributed by atoms with Gasteiger partial charge in [0.25, 0.3) is 11.1 Å². The van der Waals surface area contributed by atoms with Gasteiger partial charge in [0, 0.05) is 18.3 Å². The van der Waals surface area contributed by atoms with Crippen LogP contribution < -0.4 is 22.1 Å². The average molecular weight is 341 g/mol. The second kappa shape index (κ2) is 6.95. The number of carbonyl (C=O) groups excluding carboxylic acids is 1. The number of hydrogen-bond acceptors (Lipinski definition) is 5. The summed E-state index contributed by atoms with van der Waals surface area (Å²) in [5.74, 6) is -0.375. The Labute approximate surface area is 140 Å². The van der Waals surface area contributed by atoms with Crippen LogP contribution in [0.1, 0.15) is 5.56 Å². The Hall–Kier alpha value is -3.49. The fourth-order valence-electron chi connectivity index (χ4n) is 2.39. The minimum Gasteiger partial charge on any atom is -0.354 e. The standard InChI is InChI=1S/C16H15N5O4/c22-13(17-6-5-10-7-18-16(25)20-14(10)23)8-21-9-19-12-4-2-1-3-11(12)15(21)24/h1-4,7,9H,5-6,8H2,(H,17,22)(H2,18,20,23,25). The molecular formula is C16H15N5O4. The van der Waals surface area contributed by atoms with Crippen LogP contribution in [0.15, 0.2) is 51.2 Å². The highest BCUT2D eigenvalue weighted by molar-refractivity contribution is 5.78. The van der Waals surface area contributed by atoms with Crippen LogP contribution in [0.5, 0.6) is 0 Å². The molecule has 1 aromatic carbocycles. The molecule has 2 aromatic heterocycles. The number of aromatic nitrogens is 4. The number of carbonyl (C=O) groups is 1. The number of amides is 1. The van der Waals surface area contributed by atoms with Gasteiger partial charge in [0.1, 0.15) is 6.54 Å². The van der Waals surface area contributed by atoms with E-state index in [9.17, 15) is 19.2 Å². The lowest BCUT2D eigenvalue weighted by Crippen LogP contribution is -2.34. The van der Waals surface area contributed by atoms with Gasteiger partial charge in [-0.25, -0.2) is 9.78 Å². The lowest BCUT2D eigenvalue weighted by molar-refractivity contribution is -0.121. The Balaban J connectivity index is 1.63. The first kappa shape index (κ1) is 16.4. The molecule has 3 N–H and O–H groups in total. The van der Waals surface area contributed by atoms with Gasteiger partial charge in [-0.05, 0) is 18.6 Å². The zero-order valence-electron chi connectivity index (χ0n) is 13.1. The minimum atomic E-state index is -0.582. The molecule has 0 fully saturated rings. The summed E-state index contributed by atoms with van der Waals surface area (Å²) in [5.41, 5.74) is -0.447. The van der Waals surface area contributed by atoms with Crippen molar-refractivity contribution in [3.63, 3.8) is 0 Å². The van der Waals surface area contributed by atoms with Gasteiger partial charge in [-0.3, -0.25) is 23.9 Å². The number of aromatic amines is 2. The molecule has 128 valence electrons. The molecule has 2 heterocycles. The third kappa shape index (κ3) is 3.71. The highest BCUT2D eigenvalue weighted by Gasteiger charge is 2.08. The molecule has 0 aliphatic rings. The van der Waals surface area contributed by atoms with Crippen molar-refractivity contribution in [3.05, 3.63) is 73.5 Å². The molecule has 3 aromatic rings. The molecule has 0 radical (unpaired) electrons. The number of rotatable bonds is 5. The number of hydrogen-bond donors (Lipinski definition) is 3. The number of nitrogens with one attached hydrogen (secondary N) is 3. The van der Waals surface area contributed by atoms with Crippen molar-refractivity contribution in [2.45, 2.75) is 13.0 Å². The molecule has 9 heteroatoms. The lowest BCUT2D eigenvalue weighted by atomic mass is 10.2. The number of benzene rings is 1. The first-order valence-corrected chi connectivity index (χ1v) is 7.56. The Morgan fingerprint density at radius 2 is 2.00 bits per heavy atom. The molecular weight excluding hydrogens is 326 g/mol. The normalized spacial score (nSPS) is 10.7. The summed E-state index contributed by atoms with van der Waals surface area (Å²) in [6, 6.07) is 6.90. The van der Waals surface area contributed by atoms with Crippen LogP contribution in [-0.2, 0) is 17.8 Å². The lowest BCUT2D eigenvalue weighted by Gasteiger charge is -2.07. The third-order valence-electron chi connectivity index (χ3n) is 3.66. The van der Waals surface area contributed by atoms with Crippen LogP contribution in [-0.4, -0.2) is 32.0 Å². The van der Waals surface area contributed by atoms with E-state index in [4.69, 9.17) is 0 Å². The van der Waals surface area contributed by atoms with E-state index in [1.165, 1.54) is 17.1 Å². The SMILES string of the molecule is O=C(Cn1cnc2ccccc2c1=O)NCCc1c[nH]c(=O)[nH]c1=O. The predicted molar refractivity (Wildman–Crippen MR) is 90.4 cm³/mol. The smallest absolute Gasteiger partial charge is 0.325 e. The Morgan fingerprint density at radius 3 is 2.80 bits per heavy atom. The van der Waals surface area contributed by atoms with E-state index in [-0.39, 0.29) is 31.0 Å². The molecule has 0 bridgehead atoms. The molecule has 0 saturated carbocycles. The molecule has 0 spiro atoms. The summed E-state index contributed by atoms with van der Waals surface area (Å²) >= 11 is 0. The van der Waals surface area contributed by atoms with Crippen molar-refractivity contribution >= 4 is 16.8 Å². The maximum absolute atomic E-state index is 12.3. The van der Waals surface area contributed by atoms with Crippen LogP contribution in [0.3, 0.4) is 0 Å². The van der Waals surface area contributed by atoms with Crippen LogP contribution in [0.25, 0.3) is 10.9 Å². The van der Waals surface area contributed by atoms with Crippen molar-refractivity contribution in [1.82, 2.24) is 24.8 Å². The van der Waals surface area contributed by atoms with E-state index >= 15 is 0 Å². The number of para-hydroxylation sites is 1. The number of nitrogens with zero attached hydrogens (tertiary/aromatic N) is 2. The summed E-state index contributed by atoms with van der Waals surface area (Å²) in [5, 5.41) is 3.07. The van der Waals surface area contributed by atoms with Crippen molar-refractivity contribution in [2.24, 2.45) is 0 Å². The largest absolute Gasteiger partial charge is 0.354 e. The minimum absolute atomic E-state index is 0.168. The maximum atomic E-state index is 12.3. The third-order valence-corrected chi connectivity index (χ3v) is 3.66. The summed E-state index contributed by atoms with van der Waals surface area (Å²) in [4.78, 5) is 55.4. The van der Waals surface area contributed by atoms with Crippen molar-refractivity contribution in [3.8, 4) is 0 Å². The molecule has 0 unspecified atom stereocenters. The molecule has 0 saturated heterocycles. The second-order valence-electron chi connectivity index (χ2n) is 5.39. The first-order valence-electron chi connectivity index (χ1n) is 7.56. The van der Waals surface area contributed by atoms with E-state index in [2.05, 4.69) is 20.3 Å². The molecule has 3 rings (SSSR count). The Morgan fingerprint density at radius 1 is 1.20 bits per heavy atom. The van der Waals surface area contributed by atoms with Crippen LogP contribution in [0, 0.1) is 0 Å². The monoisotopic (exact) mass is 341 g/mol. The van der Waals surface area contributed by atoms with E-state index < -0.39 is 11.2 Å². The molecule has 9 nitrogen and oxygen atoms in total. The van der Waals surface area contributed by atoms with E-state index in [1.54, 1.807) is 24.3 Å². The molecule has 1 amide bonds. The Kier molecular flexibility index (Phi) is 4.55. The average Bonchev–Trinajstić information content (AvgIpc) is 2.59. The highest BCUT2D eigenvalue weighted by Crippen LogP contribution is 2.04. The second-order valence-corrected chi connectivity index (χ2v) is 5.39. The quantitative estimate of drug-likeness (QED) is 0.555. The maximum Gasteiger partial charge on any atom is 0.325 e. The van der Waals surface area contributed by atoms with Crippen molar-refractivity contribution in [1.29, 1.82) is 0 Å². The van der Waals surface area contributed by atoms with Gasteiger partial charge in [0.2, 0.25) is 5.91 Å². The van der Waals surface area contributed by atoms with Gasteiger partial charge in [-0.15, -0.1) is 0 Å². The molecule has 25 heavy (non-hydrogen) atoms. The molecule has 0 aliphatic heterocycles. The van der Waals surface area contributed by atoms with Gasteiger partial charge in [0.15, 0.2) is 0 Å². The summed E-state index contributed by atoms with van der Waals surface area (Å²) in [6.45, 7) is 0.0301. The van der Waals surface area contributed by atoms with Gasteiger partial charge in [-0.2, -0.15) is 0 Å². The highest BCUT2D eigenvalue weighted by atomic mass is 16.2. The van der Waals surface area contributed by atoms with Crippen LogP contribution >= 0.6 is 0 Å². The number of H-pyrrole nitrogens is 2. The molecule has 0 aliphatic carbocycles. The van der Waals surface area contributed by atoms with Gasteiger partial charge < -0.3 is 10.3 Å². The summed E-state index contributed by atoms with van der Waals surface area (Å²) in [6.07, 6.45) is 2.89. The topological polar surface area (TPSA) is 130 Å². The first-order chi connectivity index (χ1) is 12.0. The summed E-state index contributed by atoms with van der Waals surface area (Å²) < 4.78 is 1.23. The van der Waals surface area contributed by atoms with Crippen molar-refractivity contribution < 1.29 is 4.79 Å². The number of fused-ring (bicyclic) bond motifs is 1. The van der Waals surface area contributed by atoms with E-state index in [0.717, 1.165) is 0 Å². The predicted octanol–water partition coefficient (Wildman–Crippen LogP) is -0.868. The fourth-order valence-corrected chi connectivity index (χ4v) is 2.39. The Bertz CT molecular complexity index is 1100. The van der Waals surface area contributed by atoms with Gasteiger partial charge >= 0.3 is 5.69 Å². The van der Waals surface area contributed by atoms with Gasteiger partial charge in [-0.1, -0.05) is 12.1 Å². The molecule has 0 atom stereocenters. The summed E-state index contributed by atoms with van der Waals surface area (Å²) in [7, 11) is 0. The zero-order chi connectivity index (χ0) is 17.8. The van der Waals surface area contributed by atoms with E-state index in [0.29, 0.717) is 16.5 Å². The van der Waals surface area contributed by atoms with Crippen molar-refractivity contribution in [2.75, 3.05) is 6.54 Å². The van der Waals surface area contributed by atoms with Crippen LogP contribution in [0.4, 0.5) is 0 Å².